The molecule has 1 atom stereocenters. The second-order valence-corrected chi connectivity index (χ2v) is 8.02. The van der Waals surface area contributed by atoms with Gasteiger partial charge < -0.3 is 4.48 Å². The molecule has 1 rings (SSSR count). The van der Waals surface area contributed by atoms with Crippen molar-refractivity contribution in [3.8, 4) is 0 Å². The summed E-state index contributed by atoms with van der Waals surface area (Å²) in [4.78, 5) is 0. The first-order chi connectivity index (χ1) is 11.6. The molecule has 0 radical (unpaired) electrons. The van der Waals surface area contributed by atoms with Crippen LogP contribution in [0.25, 0.3) is 0 Å². The minimum atomic E-state index is 0.629. The molecule has 24 heavy (non-hydrogen) atoms. The van der Waals surface area contributed by atoms with Crippen molar-refractivity contribution < 1.29 is 4.48 Å². The highest BCUT2D eigenvalue weighted by Gasteiger charge is 2.27. The van der Waals surface area contributed by atoms with Gasteiger partial charge in [0, 0.05) is 12.0 Å². The SMILES string of the molecule is CCCCCCCCCCCC[N+](C)(C)C(CC)c1ccccc1. The van der Waals surface area contributed by atoms with E-state index in [9.17, 15) is 0 Å². The van der Waals surface area contributed by atoms with Crippen molar-refractivity contribution in [2.75, 3.05) is 20.6 Å². The van der Waals surface area contributed by atoms with Gasteiger partial charge in [-0.05, 0) is 12.8 Å². The highest BCUT2D eigenvalue weighted by Crippen LogP contribution is 2.28. The standard InChI is InChI=1S/C23H42N/c1-5-7-8-9-10-11-12-13-14-18-21-24(3,4)23(6-2)22-19-16-15-17-20-22/h15-17,19-20,23H,5-14,18,21H2,1-4H3/q+1. The number of benzene rings is 1. The largest absolute Gasteiger partial charge is 0.322 e. The average molecular weight is 333 g/mol. The third kappa shape index (κ3) is 8.33. The Hall–Kier alpha value is -0.820. The highest BCUT2D eigenvalue weighted by atomic mass is 15.3. The van der Waals surface area contributed by atoms with E-state index in [0.717, 1.165) is 4.48 Å². The van der Waals surface area contributed by atoms with Crippen LogP contribution >= 0.6 is 0 Å². The predicted octanol–water partition coefficient (Wildman–Crippen LogP) is 7.14. The highest BCUT2D eigenvalue weighted by molar-refractivity contribution is 5.17. The fourth-order valence-corrected chi connectivity index (χ4v) is 3.97. The van der Waals surface area contributed by atoms with Gasteiger partial charge in [-0.15, -0.1) is 0 Å². The molecule has 0 aromatic heterocycles. The molecular weight excluding hydrogens is 290 g/mol. The molecule has 0 N–H and O–H groups in total. The lowest BCUT2D eigenvalue weighted by atomic mass is 10.0. The van der Waals surface area contributed by atoms with E-state index in [-0.39, 0.29) is 0 Å². The summed E-state index contributed by atoms with van der Waals surface area (Å²) in [5.74, 6) is 0. The lowest BCUT2D eigenvalue weighted by Gasteiger charge is -2.38. The minimum absolute atomic E-state index is 0.629. The quantitative estimate of drug-likeness (QED) is 0.251. The van der Waals surface area contributed by atoms with E-state index < -0.39 is 0 Å². The van der Waals surface area contributed by atoms with Crippen molar-refractivity contribution in [2.24, 2.45) is 0 Å². The molecule has 0 aliphatic heterocycles. The lowest BCUT2D eigenvalue weighted by Crippen LogP contribution is -2.43. The maximum atomic E-state index is 2.41. The molecule has 0 amide bonds. The first-order valence-electron chi connectivity index (χ1n) is 10.5. The summed E-state index contributed by atoms with van der Waals surface area (Å²) in [6, 6.07) is 11.7. The van der Waals surface area contributed by atoms with E-state index in [1.54, 1.807) is 0 Å². The van der Waals surface area contributed by atoms with Crippen LogP contribution in [-0.2, 0) is 0 Å². The third-order valence-corrected chi connectivity index (χ3v) is 5.50. The Morgan fingerprint density at radius 2 is 1.21 bits per heavy atom. The molecule has 0 spiro atoms. The number of quaternary nitrogens is 1. The van der Waals surface area contributed by atoms with E-state index in [2.05, 4.69) is 58.3 Å². The van der Waals surface area contributed by atoms with Crippen molar-refractivity contribution in [3.63, 3.8) is 0 Å². The fraction of sp³-hybridized carbons (Fsp3) is 0.739. The normalized spacial score (nSPS) is 13.2. The van der Waals surface area contributed by atoms with E-state index in [0.29, 0.717) is 6.04 Å². The first-order valence-corrected chi connectivity index (χ1v) is 10.5. The fourth-order valence-electron chi connectivity index (χ4n) is 3.97. The van der Waals surface area contributed by atoms with E-state index in [1.807, 2.05) is 0 Å². The van der Waals surface area contributed by atoms with Crippen molar-refractivity contribution in [3.05, 3.63) is 35.9 Å². The van der Waals surface area contributed by atoms with Crippen molar-refractivity contribution in [1.29, 1.82) is 0 Å². The van der Waals surface area contributed by atoms with Gasteiger partial charge in [0.05, 0.1) is 20.6 Å². The average Bonchev–Trinajstić information content (AvgIpc) is 2.58. The molecule has 0 aliphatic rings. The monoisotopic (exact) mass is 332 g/mol. The van der Waals surface area contributed by atoms with Gasteiger partial charge in [0.25, 0.3) is 0 Å². The van der Waals surface area contributed by atoms with E-state index in [1.165, 1.54) is 82.7 Å². The Kier molecular flexibility index (Phi) is 11.1. The smallest absolute Gasteiger partial charge is 0.114 e. The van der Waals surface area contributed by atoms with Gasteiger partial charge in [-0.25, -0.2) is 0 Å². The molecule has 138 valence electrons. The molecule has 0 bridgehead atoms. The summed E-state index contributed by atoms with van der Waals surface area (Å²) in [7, 11) is 4.82. The van der Waals surface area contributed by atoms with Gasteiger partial charge in [0.2, 0.25) is 0 Å². The number of rotatable bonds is 14. The minimum Gasteiger partial charge on any atom is -0.322 e. The zero-order valence-electron chi connectivity index (χ0n) is 16.9. The van der Waals surface area contributed by atoms with Gasteiger partial charge >= 0.3 is 0 Å². The summed E-state index contributed by atoms with van der Waals surface area (Å²) in [6.07, 6.45) is 15.4. The van der Waals surface area contributed by atoms with Crippen LogP contribution in [0.5, 0.6) is 0 Å². The maximum Gasteiger partial charge on any atom is 0.114 e. The number of hydrogen-bond donors (Lipinski definition) is 0. The Morgan fingerprint density at radius 1 is 0.708 bits per heavy atom. The van der Waals surface area contributed by atoms with E-state index in [4.69, 9.17) is 0 Å². The van der Waals surface area contributed by atoms with Crippen LogP contribution in [0.4, 0.5) is 0 Å². The summed E-state index contributed by atoms with van der Waals surface area (Å²) in [6.45, 7) is 5.92. The molecule has 1 nitrogen and oxygen atoms in total. The molecule has 0 aliphatic carbocycles. The molecule has 1 aromatic carbocycles. The van der Waals surface area contributed by atoms with Crippen LogP contribution in [-0.4, -0.2) is 25.1 Å². The Morgan fingerprint density at radius 3 is 1.71 bits per heavy atom. The summed E-state index contributed by atoms with van der Waals surface area (Å²) in [5.41, 5.74) is 1.50. The second kappa shape index (κ2) is 12.5. The number of hydrogen-bond acceptors (Lipinski definition) is 0. The second-order valence-electron chi connectivity index (χ2n) is 8.02. The van der Waals surface area contributed by atoms with Gasteiger partial charge in [-0.3, -0.25) is 0 Å². The molecule has 0 saturated heterocycles. The molecule has 1 aromatic rings. The van der Waals surface area contributed by atoms with Crippen LogP contribution in [0.15, 0.2) is 30.3 Å². The van der Waals surface area contributed by atoms with Crippen LogP contribution in [0, 0.1) is 0 Å². The number of nitrogens with zero attached hydrogens (tertiary/aromatic N) is 1. The maximum absolute atomic E-state index is 2.41. The molecule has 1 heteroatoms. The first kappa shape index (κ1) is 21.2. The third-order valence-electron chi connectivity index (χ3n) is 5.50. The van der Waals surface area contributed by atoms with Crippen molar-refractivity contribution in [2.45, 2.75) is 90.5 Å². The lowest BCUT2D eigenvalue weighted by molar-refractivity contribution is -0.921. The molecule has 1 unspecified atom stereocenters. The molecule has 0 heterocycles. The van der Waals surface area contributed by atoms with Gasteiger partial charge in [-0.2, -0.15) is 0 Å². The Bertz CT molecular complexity index is 396. The van der Waals surface area contributed by atoms with Crippen LogP contribution in [0.3, 0.4) is 0 Å². The van der Waals surface area contributed by atoms with Gasteiger partial charge in [0.15, 0.2) is 0 Å². The Balaban J connectivity index is 2.18. The number of unbranched alkanes of at least 4 members (excludes halogenated alkanes) is 9. The molecular formula is C23H42N+. The molecule has 0 fully saturated rings. The van der Waals surface area contributed by atoms with Crippen LogP contribution < -0.4 is 0 Å². The predicted molar refractivity (Wildman–Crippen MR) is 108 cm³/mol. The van der Waals surface area contributed by atoms with E-state index >= 15 is 0 Å². The molecule has 0 saturated carbocycles. The Labute approximate surface area is 152 Å². The summed E-state index contributed by atoms with van der Waals surface area (Å²) < 4.78 is 1.12. The van der Waals surface area contributed by atoms with Gasteiger partial charge in [-0.1, -0.05) is 95.5 Å². The van der Waals surface area contributed by atoms with Crippen LogP contribution in [0.2, 0.25) is 0 Å². The van der Waals surface area contributed by atoms with Crippen molar-refractivity contribution in [1.82, 2.24) is 0 Å². The topological polar surface area (TPSA) is 0 Å². The van der Waals surface area contributed by atoms with Crippen LogP contribution in [0.1, 0.15) is 96.1 Å². The summed E-state index contributed by atoms with van der Waals surface area (Å²) in [5, 5.41) is 0. The zero-order chi connectivity index (χ0) is 17.7. The van der Waals surface area contributed by atoms with Crippen molar-refractivity contribution >= 4 is 0 Å². The summed E-state index contributed by atoms with van der Waals surface area (Å²) >= 11 is 0. The van der Waals surface area contributed by atoms with Gasteiger partial charge in [0.1, 0.15) is 6.04 Å². The zero-order valence-corrected chi connectivity index (χ0v) is 16.9.